The van der Waals surface area contributed by atoms with Crippen LogP contribution in [0.4, 0.5) is 0 Å². The summed E-state index contributed by atoms with van der Waals surface area (Å²) < 4.78 is 17.7. The van der Waals surface area contributed by atoms with Gasteiger partial charge >= 0.3 is 8.80 Å². The van der Waals surface area contributed by atoms with Gasteiger partial charge < -0.3 is 13.3 Å². The van der Waals surface area contributed by atoms with Crippen molar-refractivity contribution in [1.29, 1.82) is 0 Å². The van der Waals surface area contributed by atoms with E-state index in [0.29, 0.717) is 17.6 Å². The van der Waals surface area contributed by atoms with Gasteiger partial charge in [-0.3, -0.25) is 0 Å². The summed E-state index contributed by atoms with van der Waals surface area (Å²) in [7, 11) is -0.536. The van der Waals surface area contributed by atoms with Crippen molar-refractivity contribution in [2.75, 3.05) is 12.9 Å². The lowest BCUT2D eigenvalue weighted by atomic mass is 9.81. The molecule has 1 aliphatic heterocycles. The van der Waals surface area contributed by atoms with Gasteiger partial charge in [-0.25, -0.2) is 0 Å². The summed E-state index contributed by atoms with van der Waals surface area (Å²) in [6.07, 6.45) is 5.70. The Bertz CT molecular complexity index is 255. The summed E-state index contributed by atoms with van der Waals surface area (Å²) in [5.41, 5.74) is 0.427. The van der Waals surface area contributed by atoms with Crippen LogP contribution in [0.1, 0.15) is 25.7 Å². The van der Waals surface area contributed by atoms with Crippen molar-refractivity contribution in [3.63, 3.8) is 0 Å². The molecule has 0 aromatic carbocycles. The molecule has 5 heteroatoms. The minimum atomic E-state index is -2.26. The number of thiol groups is 1. The molecule has 0 aromatic rings. The van der Waals surface area contributed by atoms with Crippen LogP contribution in [-0.4, -0.2) is 33.9 Å². The molecule has 0 radical (unpaired) electrons. The van der Waals surface area contributed by atoms with E-state index >= 15 is 0 Å². The van der Waals surface area contributed by atoms with Crippen molar-refractivity contribution in [3.8, 4) is 0 Å². The molecule has 2 atom stereocenters. The van der Waals surface area contributed by atoms with Crippen LogP contribution >= 0.6 is 12.6 Å². The van der Waals surface area contributed by atoms with Gasteiger partial charge in [0.2, 0.25) is 0 Å². The molecule has 2 aliphatic carbocycles. The number of hydrogen-bond acceptors (Lipinski definition) is 4. The monoisotopic (exact) mass is 246 g/mol. The van der Waals surface area contributed by atoms with Crippen LogP contribution in [0.3, 0.4) is 0 Å². The van der Waals surface area contributed by atoms with E-state index in [4.69, 9.17) is 13.3 Å². The normalized spacial score (nSPS) is 45.2. The average Bonchev–Trinajstić information content (AvgIpc) is 2.65. The molecule has 0 bridgehead atoms. The summed E-state index contributed by atoms with van der Waals surface area (Å²) in [6, 6.07) is 0.927. The predicted molar refractivity (Wildman–Crippen MR) is 62.1 cm³/mol. The first kappa shape index (κ1) is 10.6. The van der Waals surface area contributed by atoms with Crippen LogP contribution in [-0.2, 0) is 13.3 Å². The van der Waals surface area contributed by atoms with Crippen LogP contribution in [0, 0.1) is 5.41 Å². The Morgan fingerprint density at radius 3 is 2.47 bits per heavy atom. The second-order valence-electron chi connectivity index (χ2n) is 4.88. The van der Waals surface area contributed by atoms with E-state index in [-0.39, 0.29) is 0 Å². The molecule has 15 heavy (non-hydrogen) atoms. The molecule has 1 spiro atoms. The molecule has 3 fully saturated rings. The number of rotatable bonds is 4. The van der Waals surface area contributed by atoms with Crippen molar-refractivity contribution >= 4 is 21.4 Å². The zero-order valence-corrected chi connectivity index (χ0v) is 11.0. The third-order valence-electron chi connectivity index (χ3n) is 4.15. The minimum Gasteiger partial charge on any atom is -0.377 e. The highest BCUT2D eigenvalue weighted by atomic mass is 32.1. The predicted octanol–water partition coefficient (Wildman–Crippen LogP) is 1.86. The van der Waals surface area contributed by atoms with Crippen molar-refractivity contribution < 1.29 is 13.3 Å². The van der Waals surface area contributed by atoms with Gasteiger partial charge in [0.25, 0.3) is 0 Å². The average molecular weight is 246 g/mol. The fraction of sp³-hybridized carbons (Fsp3) is 1.00. The first-order valence-electron chi connectivity index (χ1n) is 5.78. The van der Waals surface area contributed by atoms with Gasteiger partial charge in [-0.1, -0.05) is 6.42 Å². The SMILES string of the molecule is CO[Si]1(CCCS)OC2C(O1)C21CCC1. The molecule has 0 aromatic heterocycles. The third kappa shape index (κ3) is 1.37. The van der Waals surface area contributed by atoms with E-state index < -0.39 is 8.80 Å². The molecule has 2 saturated carbocycles. The summed E-state index contributed by atoms with van der Waals surface area (Å²) in [4.78, 5) is 0. The number of fused-ring (bicyclic) bond motifs is 3. The summed E-state index contributed by atoms with van der Waals surface area (Å²) in [5.74, 6) is 0.880. The zero-order chi connectivity index (χ0) is 10.5. The van der Waals surface area contributed by atoms with Crippen molar-refractivity contribution in [3.05, 3.63) is 0 Å². The Morgan fingerprint density at radius 2 is 2.07 bits per heavy atom. The zero-order valence-electron chi connectivity index (χ0n) is 9.07. The van der Waals surface area contributed by atoms with E-state index in [9.17, 15) is 0 Å². The molecule has 2 unspecified atom stereocenters. The van der Waals surface area contributed by atoms with E-state index in [1.165, 1.54) is 19.3 Å². The first-order valence-corrected chi connectivity index (χ1v) is 8.34. The Balaban J connectivity index is 1.62. The van der Waals surface area contributed by atoms with Gasteiger partial charge in [0.1, 0.15) is 0 Å². The second-order valence-corrected chi connectivity index (χ2v) is 8.07. The standard InChI is InChI=1S/C10H18O3SSi/c1-11-15(7-3-6-14)12-8-9(13-15)10(8)4-2-5-10/h8-9,14H,2-7H2,1H3. The first-order chi connectivity index (χ1) is 7.26. The smallest absolute Gasteiger partial charge is 0.377 e. The third-order valence-corrected chi connectivity index (χ3v) is 7.28. The maximum absolute atomic E-state index is 6.09. The van der Waals surface area contributed by atoms with Crippen LogP contribution in [0.2, 0.25) is 6.04 Å². The van der Waals surface area contributed by atoms with E-state index in [1.54, 1.807) is 7.11 Å². The molecule has 1 saturated heterocycles. The van der Waals surface area contributed by atoms with E-state index in [0.717, 1.165) is 18.2 Å². The van der Waals surface area contributed by atoms with Gasteiger partial charge in [0, 0.05) is 18.6 Å². The lowest BCUT2D eigenvalue weighted by Gasteiger charge is -2.34. The van der Waals surface area contributed by atoms with Crippen LogP contribution in [0.15, 0.2) is 0 Å². The molecular formula is C10H18O3SSi. The summed E-state index contributed by atoms with van der Waals surface area (Å²) in [5, 5.41) is 0. The highest BCUT2D eigenvalue weighted by Gasteiger charge is 2.77. The van der Waals surface area contributed by atoms with Gasteiger partial charge in [-0.05, 0) is 25.0 Å². The second kappa shape index (κ2) is 3.47. The molecule has 3 aliphatic rings. The topological polar surface area (TPSA) is 27.7 Å². The molecular weight excluding hydrogens is 228 g/mol. The van der Waals surface area contributed by atoms with Crippen LogP contribution in [0.25, 0.3) is 0 Å². The van der Waals surface area contributed by atoms with Crippen LogP contribution in [0.5, 0.6) is 0 Å². The molecule has 86 valence electrons. The quantitative estimate of drug-likeness (QED) is 0.606. The highest BCUT2D eigenvalue weighted by molar-refractivity contribution is 7.80. The molecule has 0 amide bonds. The van der Waals surface area contributed by atoms with Crippen LogP contribution < -0.4 is 0 Å². The summed E-state index contributed by atoms with van der Waals surface area (Å²) >= 11 is 4.22. The minimum absolute atomic E-state index is 0.373. The van der Waals surface area contributed by atoms with Gasteiger partial charge in [0.05, 0.1) is 12.2 Å². The lowest BCUT2D eigenvalue weighted by Crippen LogP contribution is -2.45. The molecule has 3 nitrogen and oxygen atoms in total. The Hall–Kier alpha value is 0.447. The molecule has 1 heterocycles. The molecule has 0 N–H and O–H groups in total. The van der Waals surface area contributed by atoms with Crippen molar-refractivity contribution in [2.45, 2.75) is 43.9 Å². The lowest BCUT2D eigenvalue weighted by molar-refractivity contribution is 0.0472. The van der Waals surface area contributed by atoms with Gasteiger partial charge in [-0.15, -0.1) is 0 Å². The van der Waals surface area contributed by atoms with E-state index in [2.05, 4.69) is 12.6 Å². The summed E-state index contributed by atoms with van der Waals surface area (Å²) in [6.45, 7) is 0. The maximum atomic E-state index is 6.09. The largest absolute Gasteiger partial charge is 0.501 e. The number of hydrogen-bond donors (Lipinski definition) is 1. The highest BCUT2D eigenvalue weighted by Crippen LogP contribution is 2.68. The van der Waals surface area contributed by atoms with Crippen molar-refractivity contribution in [1.82, 2.24) is 0 Å². The Morgan fingerprint density at radius 1 is 1.40 bits per heavy atom. The van der Waals surface area contributed by atoms with Gasteiger partial charge in [0.15, 0.2) is 0 Å². The maximum Gasteiger partial charge on any atom is 0.501 e. The van der Waals surface area contributed by atoms with Crippen molar-refractivity contribution in [2.24, 2.45) is 5.41 Å². The van der Waals surface area contributed by atoms with E-state index in [1.807, 2.05) is 0 Å². The van der Waals surface area contributed by atoms with Gasteiger partial charge in [-0.2, -0.15) is 12.6 Å². The Kier molecular flexibility index (Phi) is 2.45. The Labute approximate surface area is 97.3 Å². The molecule has 3 rings (SSSR count). The fourth-order valence-electron chi connectivity index (χ4n) is 2.96. The fourth-order valence-corrected chi connectivity index (χ4v) is 6.20.